The van der Waals surface area contributed by atoms with E-state index in [4.69, 9.17) is 23.2 Å². The first kappa shape index (κ1) is 25.8. The van der Waals surface area contributed by atoms with Crippen molar-refractivity contribution in [3.8, 4) is 16.9 Å². The van der Waals surface area contributed by atoms with Gasteiger partial charge in [0.1, 0.15) is 5.75 Å². The van der Waals surface area contributed by atoms with Crippen molar-refractivity contribution in [2.45, 2.75) is 38.7 Å². The number of nitrogens with one attached hydrogen (secondary N) is 2. The summed E-state index contributed by atoms with van der Waals surface area (Å²) >= 11 is 12.0. The Kier molecular flexibility index (Phi) is 7.06. The number of phenols is 1. The van der Waals surface area contributed by atoms with Gasteiger partial charge < -0.3 is 31.1 Å². The molecule has 2 aliphatic rings. The van der Waals surface area contributed by atoms with Crippen molar-refractivity contribution < 1.29 is 25.2 Å². The molecule has 1 aliphatic carbocycles. The van der Waals surface area contributed by atoms with E-state index in [1.165, 1.54) is 6.07 Å². The van der Waals surface area contributed by atoms with Crippen molar-refractivity contribution in [1.29, 1.82) is 0 Å². The zero-order valence-corrected chi connectivity index (χ0v) is 21.6. The molecule has 0 aromatic heterocycles. The van der Waals surface area contributed by atoms with Gasteiger partial charge in [-0.05, 0) is 77.5 Å². The summed E-state index contributed by atoms with van der Waals surface area (Å²) in [4.78, 5) is 15.2. The van der Waals surface area contributed by atoms with Crippen LogP contribution < -0.4 is 10.6 Å². The van der Waals surface area contributed by atoms with E-state index in [1.54, 1.807) is 18.2 Å². The lowest BCUT2D eigenvalue weighted by Gasteiger charge is -2.42. The lowest BCUT2D eigenvalue weighted by Crippen LogP contribution is -2.36. The molecule has 0 saturated heterocycles. The Morgan fingerprint density at radius 2 is 1.76 bits per heavy atom. The van der Waals surface area contributed by atoms with Crippen LogP contribution in [0.2, 0.25) is 10.0 Å². The molecule has 10 heteroatoms. The summed E-state index contributed by atoms with van der Waals surface area (Å²) in [6.07, 6.45) is 1.26. The van der Waals surface area contributed by atoms with Crippen LogP contribution in [0.25, 0.3) is 11.1 Å². The largest absolute Gasteiger partial charge is 0.507 e. The predicted octanol–water partition coefficient (Wildman–Crippen LogP) is 4.57. The summed E-state index contributed by atoms with van der Waals surface area (Å²) in [5.74, 6) is -0.105. The van der Waals surface area contributed by atoms with Gasteiger partial charge in [-0.3, -0.25) is 4.90 Å². The molecule has 0 radical (unpaired) electrons. The molecule has 5 rings (SSSR count). The molecule has 8 nitrogen and oxygen atoms in total. The maximum Gasteiger partial charge on any atom is 0.323 e. The molecular formula is C27H27Cl2N3O5. The number of fused-ring (bicyclic) bond motifs is 2. The smallest absolute Gasteiger partial charge is 0.323 e. The molecule has 194 valence electrons. The Labute approximate surface area is 224 Å². The number of carbonyl (C=O) groups is 1. The maximum atomic E-state index is 13.0. The van der Waals surface area contributed by atoms with E-state index in [9.17, 15) is 25.2 Å². The van der Waals surface area contributed by atoms with Gasteiger partial charge in [0.15, 0.2) is 0 Å². The average molecular weight is 544 g/mol. The third kappa shape index (κ3) is 4.44. The average Bonchev–Trinajstić information content (AvgIpc) is 2.89. The number of benzene rings is 3. The quantitative estimate of drug-likeness (QED) is 0.262. The standard InChI is InChI=1S/C27H27Cl2N3O5/c1-32-5-4-13-6-14(10-33)18(12-35)24-23(13)22(32)9-17-21(7-15(11-34)26(36)25(17)24)31-27(37)30-16-2-3-19(28)20(29)8-16/h2-3,6-8,22,33-36H,4-5,9-12H2,1H3,(H2,30,31,37). The van der Waals surface area contributed by atoms with E-state index in [0.29, 0.717) is 55.7 Å². The number of aliphatic hydroxyl groups excluding tert-OH is 3. The van der Waals surface area contributed by atoms with Gasteiger partial charge in [-0.15, -0.1) is 0 Å². The van der Waals surface area contributed by atoms with Gasteiger partial charge in [0, 0.05) is 35.1 Å². The van der Waals surface area contributed by atoms with Crippen LogP contribution in [-0.4, -0.2) is 44.9 Å². The summed E-state index contributed by atoms with van der Waals surface area (Å²) in [6.45, 7) is -0.250. The molecule has 2 amide bonds. The Morgan fingerprint density at radius 1 is 1.00 bits per heavy atom. The van der Waals surface area contributed by atoms with E-state index < -0.39 is 12.6 Å². The summed E-state index contributed by atoms with van der Waals surface area (Å²) < 4.78 is 0. The van der Waals surface area contributed by atoms with Crippen molar-refractivity contribution in [1.82, 2.24) is 4.90 Å². The Balaban J connectivity index is 1.66. The first-order valence-corrected chi connectivity index (χ1v) is 12.6. The number of likely N-dealkylation sites (N-methyl/N-ethyl adjacent to an activating group) is 1. The highest BCUT2D eigenvalue weighted by atomic mass is 35.5. The molecule has 1 aliphatic heterocycles. The minimum Gasteiger partial charge on any atom is -0.507 e. The van der Waals surface area contributed by atoms with E-state index in [-0.39, 0.29) is 30.6 Å². The molecular weight excluding hydrogens is 517 g/mol. The molecule has 1 heterocycles. The molecule has 1 unspecified atom stereocenters. The number of hydrogen-bond acceptors (Lipinski definition) is 6. The zero-order valence-electron chi connectivity index (χ0n) is 20.1. The first-order valence-electron chi connectivity index (χ1n) is 11.9. The van der Waals surface area contributed by atoms with E-state index >= 15 is 0 Å². The fourth-order valence-electron chi connectivity index (χ4n) is 5.52. The number of anilines is 2. The van der Waals surface area contributed by atoms with Crippen molar-refractivity contribution in [2.75, 3.05) is 24.2 Å². The highest BCUT2D eigenvalue weighted by Crippen LogP contribution is 2.53. The summed E-state index contributed by atoms with van der Waals surface area (Å²) in [5.41, 5.74) is 6.08. The Hall–Kier alpha value is -2.85. The lowest BCUT2D eigenvalue weighted by molar-refractivity contribution is 0.225. The van der Waals surface area contributed by atoms with Gasteiger partial charge in [-0.2, -0.15) is 0 Å². The van der Waals surface area contributed by atoms with Crippen LogP contribution in [0.5, 0.6) is 5.75 Å². The minimum absolute atomic E-state index is 0.0534. The number of urea groups is 1. The summed E-state index contributed by atoms with van der Waals surface area (Å²) in [5, 5.41) is 48.0. The van der Waals surface area contributed by atoms with Gasteiger partial charge in [-0.1, -0.05) is 29.3 Å². The second-order valence-electron chi connectivity index (χ2n) is 9.38. The molecule has 3 aromatic carbocycles. The van der Waals surface area contributed by atoms with E-state index in [1.807, 2.05) is 13.1 Å². The van der Waals surface area contributed by atoms with E-state index in [2.05, 4.69) is 15.5 Å². The number of nitrogens with zero attached hydrogens (tertiary/aromatic N) is 1. The topological polar surface area (TPSA) is 125 Å². The van der Waals surface area contributed by atoms with Crippen molar-refractivity contribution >= 4 is 40.6 Å². The number of halogens is 2. The van der Waals surface area contributed by atoms with E-state index in [0.717, 1.165) is 24.1 Å². The lowest BCUT2D eigenvalue weighted by atomic mass is 9.73. The van der Waals surface area contributed by atoms with Gasteiger partial charge >= 0.3 is 6.03 Å². The molecule has 0 bridgehead atoms. The molecule has 0 fully saturated rings. The Morgan fingerprint density at radius 3 is 2.43 bits per heavy atom. The molecule has 0 saturated carbocycles. The van der Waals surface area contributed by atoms with Gasteiger partial charge in [0.25, 0.3) is 0 Å². The molecule has 1 atom stereocenters. The van der Waals surface area contributed by atoms with Crippen LogP contribution in [0.3, 0.4) is 0 Å². The van der Waals surface area contributed by atoms with Gasteiger partial charge in [-0.25, -0.2) is 4.79 Å². The van der Waals surface area contributed by atoms with Crippen molar-refractivity contribution in [3.05, 3.63) is 73.8 Å². The highest BCUT2D eigenvalue weighted by molar-refractivity contribution is 6.42. The predicted molar refractivity (Wildman–Crippen MR) is 143 cm³/mol. The van der Waals surface area contributed by atoms with Crippen LogP contribution in [0.4, 0.5) is 16.2 Å². The number of carbonyl (C=O) groups excluding carboxylic acids is 1. The molecule has 37 heavy (non-hydrogen) atoms. The normalized spacial score (nSPS) is 16.2. The second kappa shape index (κ2) is 10.1. The first-order chi connectivity index (χ1) is 17.8. The van der Waals surface area contributed by atoms with Gasteiger partial charge in [0.2, 0.25) is 0 Å². The van der Waals surface area contributed by atoms with Crippen LogP contribution in [-0.2, 0) is 32.7 Å². The number of amides is 2. The number of hydrogen-bond donors (Lipinski definition) is 6. The summed E-state index contributed by atoms with van der Waals surface area (Å²) in [6, 6.07) is 7.64. The highest BCUT2D eigenvalue weighted by Gasteiger charge is 2.38. The number of aromatic hydroxyl groups is 1. The molecule has 6 N–H and O–H groups in total. The van der Waals surface area contributed by atoms with Gasteiger partial charge in [0.05, 0.1) is 29.9 Å². The monoisotopic (exact) mass is 543 g/mol. The van der Waals surface area contributed by atoms with Crippen LogP contribution in [0, 0.1) is 0 Å². The SMILES string of the molecule is CN1CCc2cc(CO)c(CO)c3c2C1Cc1c(NC(=O)Nc2ccc(Cl)c(Cl)c2)cc(CO)c(O)c1-3. The van der Waals surface area contributed by atoms with Crippen LogP contribution in [0.1, 0.15) is 39.4 Å². The second-order valence-corrected chi connectivity index (χ2v) is 10.2. The molecule has 0 spiro atoms. The van der Waals surface area contributed by atoms with Crippen LogP contribution in [0.15, 0.2) is 30.3 Å². The summed E-state index contributed by atoms with van der Waals surface area (Å²) in [7, 11) is 2.02. The fraction of sp³-hybridized carbons (Fsp3) is 0.296. The minimum atomic E-state index is -0.537. The van der Waals surface area contributed by atoms with Crippen molar-refractivity contribution in [3.63, 3.8) is 0 Å². The maximum absolute atomic E-state index is 13.0. The zero-order chi connectivity index (χ0) is 26.4. The Bertz CT molecular complexity index is 1410. The number of rotatable bonds is 5. The molecule has 3 aromatic rings. The fourth-order valence-corrected chi connectivity index (χ4v) is 5.82. The third-order valence-electron chi connectivity index (χ3n) is 7.31. The van der Waals surface area contributed by atoms with Crippen LogP contribution >= 0.6 is 23.2 Å². The third-order valence-corrected chi connectivity index (χ3v) is 8.05. The van der Waals surface area contributed by atoms with Crippen molar-refractivity contribution in [2.24, 2.45) is 0 Å². The number of aliphatic hydroxyl groups is 3.